The van der Waals surface area contributed by atoms with Crippen molar-refractivity contribution >= 4 is 29.0 Å². The number of nitrogens with zero attached hydrogens (tertiary/aromatic N) is 2. The van der Waals surface area contributed by atoms with Crippen molar-refractivity contribution in [3.63, 3.8) is 0 Å². The zero-order chi connectivity index (χ0) is 34.5. The molecule has 0 spiro atoms. The van der Waals surface area contributed by atoms with E-state index in [4.69, 9.17) is 4.74 Å². The van der Waals surface area contributed by atoms with E-state index in [1.807, 2.05) is 60.7 Å². The lowest BCUT2D eigenvalue weighted by molar-refractivity contribution is -0.141. The van der Waals surface area contributed by atoms with Gasteiger partial charge in [0.2, 0.25) is 5.91 Å². The van der Waals surface area contributed by atoms with Crippen LogP contribution in [-0.4, -0.2) is 45.4 Å². The highest BCUT2D eigenvalue weighted by Gasteiger charge is 2.26. The Kier molecular flexibility index (Phi) is 13.9. The number of ether oxygens (including phenoxy) is 1. The Balaban J connectivity index is 1.39. The normalized spacial score (nSPS) is 12.4. The van der Waals surface area contributed by atoms with Crippen LogP contribution in [0.4, 0.5) is 0 Å². The lowest BCUT2D eigenvalue weighted by atomic mass is 9.92. The SMILES string of the molecule is CCCCCCCOc1ccc(-c2cnc(-c3ccc(C[C@H](CC(=O)c4ccc(CC(C)C)s4)C(=O)N[C@H](C)C(=O)O)cc3)nc2)cc1. The maximum atomic E-state index is 13.2. The van der Waals surface area contributed by atoms with Crippen LogP contribution in [0.25, 0.3) is 22.5 Å². The molecule has 8 nitrogen and oxygen atoms in total. The molecule has 0 aliphatic heterocycles. The number of aliphatic carboxylic acids is 1. The third-order valence-electron chi connectivity index (χ3n) is 8.13. The van der Waals surface area contributed by atoms with Gasteiger partial charge in [-0.25, -0.2) is 9.97 Å². The number of aromatic nitrogens is 2. The standard InChI is InChI=1S/C39H47N3O5S/c1-5-6-7-8-9-20-47-33-16-14-29(15-17-33)32-24-40-37(41-25-32)30-12-10-28(11-13-30)22-31(38(44)42-27(4)39(45)46)23-35(43)36-19-18-34(48-36)21-26(2)3/h10-19,24-27,31H,5-9,20-23H2,1-4H3,(H,42,44)(H,45,46)/t27-,31-/m1/s1. The van der Waals surface area contributed by atoms with Crippen LogP contribution in [0.2, 0.25) is 0 Å². The Bertz CT molecular complexity index is 1610. The van der Waals surface area contributed by atoms with Gasteiger partial charge >= 0.3 is 5.97 Å². The first kappa shape index (κ1) is 36.5. The number of nitrogens with one attached hydrogen (secondary N) is 1. The number of ketones is 1. The molecule has 0 saturated carbocycles. The van der Waals surface area contributed by atoms with Crippen molar-refractivity contribution in [3.05, 3.63) is 88.4 Å². The molecule has 0 bridgehead atoms. The fourth-order valence-electron chi connectivity index (χ4n) is 5.35. The molecule has 254 valence electrons. The molecule has 2 N–H and O–H groups in total. The van der Waals surface area contributed by atoms with Crippen LogP contribution in [0.3, 0.4) is 0 Å². The zero-order valence-corrected chi connectivity index (χ0v) is 29.2. The molecule has 2 heterocycles. The van der Waals surface area contributed by atoms with Crippen molar-refractivity contribution in [2.45, 2.75) is 85.1 Å². The fraction of sp³-hybridized carbons (Fsp3) is 0.410. The molecule has 2 atom stereocenters. The summed E-state index contributed by atoms with van der Waals surface area (Å²) in [7, 11) is 0. The van der Waals surface area contributed by atoms with E-state index in [1.54, 1.807) is 12.4 Å². The summed E-state index contributed by atoms with van der Waals surface area (Å²) in [4.78, 5) is 48.7. The first-order chi connectivity index (χ1) is 23.1. The summed E-state index contributed by atoms with van der Waals surface area (Å²) in [5, 5.41) is 11.9. The molecule has 0 saturated heterocycles. The summed E-state index contributed by atoms with van der Waals surface area (Å²) in [6.07, 6.45) is 10.8. The van der Waals surface area contributed by atoms with Gasteiger partial charge in [0, 0.05) is 40.7 Å². The van der Waals surface area contributed by atoms with E-state index >= 15 is 0 Å². The Morgan fingerprint density at radius 2 is 1.48 bits per heavy atom. The molecule has 2 aromatic heterocycles. The van der Waals surface area contributed by atoms with Crippen molar-refractivity contribution in [2.24, 2.45) is 11.8 Å². The van der Waals surface area contributed by atoms with Gasteiger partial charge in [-0.3, -0.25) is 14.4 Å². The molecule has 0 aliphatic carbocycles. The van der Waals surface area contributed by atoms with Crippen LogP contribution in [-0.2, 0) is 22.4 Å². The predicted molar refractivity (Wildman–Crippen MR) is 191 cm³/mol. The summed E-state index contributed by atoms with van der Waals surface area (Å²) in [5.41, 5.74) is 3.57. The largest absolute Gasteiger partial charge is 0.494 e. The van der Waals surface area contributed by atoms with Gasteiger partial charge in [-0.05, 0) is 67.5 Å². The molecule has 1 amide bonds. The number of rotatable bonds is 19. The number of benzene rings is 2. The van der Waals surface area contributed by atoms with Gasteiger partial charge in [0.25, 0.3) is 0 Å². The summed E-state index contributed by atoms with van der Waals surface area (Å²) in [6.45, 7) is 8.61. The zero-order valence-electron chi connectivity index (χ0n) is 28.4. The molecule has 4 aromatic rings. The number of hydrogen-bond donors (Lipinski definition) is 2. The number of thiophene rings is 1. The molecule has 2 aromatic carbocycles. The van der Waals surface area contributed by atoms with Crippen molar-refractivity contribution in [3.8, 4) is 28.3 Å². The van der Waals surface area contributed by atoms with Crippen LogP contribution in [0.1, 0.15) is 86.3 Å². The minimum Gasteiger partial charge on any atom is -0.494 e. The highest BCUT2D eigenvalue weighted by Crippen LogP contribution is 2.26. The summed E-state index contributed by atoms with van der Waals surface area (Å²) in [5.74, 6) is -0.530. The van der Waals surface area contributed by atoms with Gasteiger partial charge in [-0.1, -0.05) is 82.9 Å². The van der Waals surface area contributed by atoms with E-state index in [0.29, 0.717) is 16.6 Å². The van der Waals surface area contributed by atoms with E-state index in [9.17, 15) is 19.5 Å². The number of carbonyl (C=O) groups excluding carboxylic acids is 2. The van der Waals surface area contributed by atoms with Gasteiger partial charge in [0.1, 0.15) is 11.8 Å². The molecule has 48 heavy (non-hydrogen) atoms. The van der Waals surface area contributed by atoms with Gasteiger partial charge < -0.3 is 15.2 Å². The molecule has 0 aliphatic rings. The Morgan fingerprint density at radius 1 is 0.812 bits per heavy atom. The van der Waals surface area contributed by atoms with Crippen LogP contribution < -0.4 is 10.1 Å². The van der Waals surface area contributed by atoms with Crippen LogP contribution in [0, 0.1) is 11.8 Å². The molecule has 0 radical (unpaired) electrons. The second-order valence-electron chi connectivity index (χ2n) is 12.7. The number of unbranched alkanes of at least 4 members (excludes halogenated alkanes) is 4. The number of carboxylic acids is 1. The third-order valence-corrected chi connectivity index (χ3v) is 9.28. The Labute approximate surface area is 288 Å². The molecular formula is C39H47N3O5S. The monoisotopic (exact) mass is 669 g/mol. The van der Waals surface area contributed by atoms with Gasteiger partial charge in [-0.2, -0.15) is 0 Å². The van der Waals surface area contributed by atoms with Gasteiger partial charge in [0.05, 0.1) is 11.5 Å². The Hall–Kier alpha value is -4.37. The minimum atomic E-state index is -1.13. The van der Waals surface area contributed by atoms with Crippen LogP contribution >= 0.6 is 11.3 Å². The summed E-state index contributed by atoms with van der Waals surface area (Å²) in [6, 6.07) is 18.3. The first-order valence-electron chi connectivity index (χ1n) is 16.9. The molecule has 0 unspecified atom stereocenters. The van der Waals surface area contributed by atoms with Gasteiger partial charge in [-0.15, -0.1) is 11.3 Å². The van der Waals surface area contributed by atoms with Gasteiger partial charge in [0.15, 0.2) is 11.6 Å². The molecule has 0 fully saturated rings. The third kappa shape index (κ3) is 11.1. The van der Waals surface area contributed by atoms with Crippen molar-refractivity contribution in [2.75, 3.05) is 6.61 Å². The van der Waals surface area contributed by atoms with Crippen molar-refractivity contribution in [1.82, 2.24) is 15.3 Å². The molecular weight excluding hydrogens is 623 g/mol. The Morgan fingerprint density at radius 3 is 2.12 bits per heavy atom. The van der Waals surface area contributed by atoms with E-state index < -0.39 is 23.8 Å². The average molecular weight is 670 g/mol. The number of Topliss-reactive ketones (excluding diaryl/α,β-unsaturated/α-hetero) is 1. The number of carbonyl (C=O) groups is 3. The van der Waals surface area contributed by atoms with E-state index in [2.05, 4.69) is 36.1 Å². The quantitative estimate of drug-likeness (QED) is 0.0760. The fourth-order valence-corrected chi connectivity index (χ4v) is 6.52. The second-order valence-corrected chi connectivity index (χ2v) is 13.9. The molecule has 4 rings (SSSR count). The lowest BCUT2D eigenvalue weighted by Crippen LogP contribution is -2.42. The maximum absolute atomic E-state index is 13.2. The topological polar surface area (TPSA) is 118 Å². The smallest absolute Gasteiger partial charge is 0.325 e. The van der Waals surface area contributed by atoms with E-state index in [0.717, 1.165) is 52.3 Å². The molecule has 9 heteroatoms. The highest BCUT2D eigenvalue weighted by atomic mass is 32.1. The minimum absolute atomic E-state index is 0.0156. The highest BCUT2D eigenvalue weighted by molar-refractivity contribution is 7.14. The first-order valence-corrected chi connectivity index (χ1v) is 17.7. The summed E-state index contributed by atoms with van der Waals surface area (Å²) < 4.78 is 5.88. The lowest BCUT2D eigenvalue weighted by Gasteiger charge is -2.18. The van der Waals surface area contributed by atoms with Crippen molar-refractivity contribution < 1.29 is 24.2 Å². The maximum Gasteiger partial charge on any atom is 0.325 e. The number of hydrogen-bond acceptors (Lipinski definition) is 7. The second kappa shape index (κ2) is 18.2. The van der Waals surface area contributed by atoms with E-state index in [1.165, 1.54) is 43.9 Å². The van der Waals surface area contributed by atoms with Crippen LogP contribution in [0.15, 0.2) is 73.1 Å². The predicted octanol–water partition coefficient (Wildman–Crippen LogP) is 8.44. The van der Waals surface area contributed by atoms with Crippen molar-refractivity contribution in [1.29, 1.82) is 0 Å². The summed E-state index contributed by atoms with van der Waals surface area (Å²) >= 11 is 1.46. The number of amides is 1. The van der Waals surface area contributed by atoms with Crippen LogP contribution in [0.5, 0.6) is 5.75 Å². The average Bonchev–Trinajstić information content (AvgIpc) is 3.54. The van der Waals surface area contributed by atoms with E-state index in [-0.39, 0.29) is 18.6 Å². The number of carboxylic acid groups (broad SMARTS) is 1.